The summed E-state index contributed by atoms with van der Waals surface area (Å²) in [6.45, 7) is 8.36. The van der Waals surface area contributed by atoms with Crippen molar-refractivity contribution in [1.29, 1.82) is 0 Å². The van der Waals surface area contributed by atoms with Crippen LogP contribution in [0.15, 0.2) is 0 Å². The quantitative estimate of drug-likeness (QED) is 0.664. The van der Waals surface area contributed by atoms with Gasteiger partial charge in [0.15, 0.2) is 0 Å². The van der Waals surface area contributed by atoms with Crippen LogP contribution in [0.1, 0.15) is 34.6 Å². The van der Waals surface area contributed by atoms with Gasteiger partial charge in [0.2, 0.25) is 11.8 Å². The van der Waals surface area contributed by atoms with Crippen LogP contribution in [-0.4, -0.2) is 35.5 Å². The Labute approximate surface area is 107 Å². The van der Waals surface area contributed by atoms with Crippen LogP contribution < -0.4 is 10.6 Å². The molecule has 0 aliphatic rings. The standard InChI is InChI=1S/C12H22N2O4/c1-7(2)9(10(17)13-6-8(15)16)14-11(18)12(3,4)5/h7,9H,6H2,1-5H3,(H,13,17)(H,14,18)(H,15,16). The third-order valence-corrected chi connectivity index (χ3v) is 2.33. The van der Waals surface area contributed by atoms with Gasteiger partial charge in [-0.3, -0.25) is 14.4 Å². The van der Waals surface area contributed by atoms with Crippen molar-refractivity contribution in [3.8, 4) is 0 Å². The summed E-state index contributed by atoms with van der Waals surface area (Å²) in [7, 11) is 0. The fourth-order valence-corrected chi connectivity index (χ4v) is 1.17. The van der Waals surface area contributed by atoms with Crippen LogP contribution in [0.3, 0.4) is 0 Å². The molecule has 0 saturated carbocycles. The summed E-state index contributed by atoms with van der Waals surface area (Å²) in [6, 6.07) is -0.726. The van der Waals surface area contributed by atoms with Crippen molar-refractivity contribution in [3.63, 3.8) is 0 Å². The van der Waals surface area contributed by atoms with Gasteiger partial charge in [0.05, 0.1) is 0 Å². The van der Waals surface area contributed by atoms with E-state index < -0.39 is 29.9 Å². The van der Waals surface area contributed by atoms with E-state index in [4.69, 9.17) is 5.11 Å². The van der Waals surface area contributed by atoms with Gasteiger partial charge in [0.1, 0.15) is 12.6 Å². The molecular weight excluding hydrogens is 236 g/mol. The highest BCUT2D eigenvalue weighted by molar-refractivity contribution is 5.91. The maximum atomic E-state index is 11.8. The molecule has 6 heteroatoms. The normalized spacial score (nSPS) is 13.0. The van der Waals surface area contributed by atoms with Crippen molar-refractivity contribution in [2.75, 3.05) is 6.54 Å². The van der Waals surface area contributed by atoms with Crippen LogP contribution in [0.2, 0.25) is 0 Å². The second kappa shape index (κ2) is 6.37. The van der Waals surface area contributed by atoms with Crippen LogP contribution >= 0.6 is 0 Å². The number of rotatable bonds is 5. The fraction of sp³-hybridized carbons (Fsp3) is 0.750. The molecule has 0 bridgehead atoms. The Balaban J connectivity index is 4.63. The Morgan fingerprint density at radius 3 is 2.00 bits per heavy atom. The molecule has 0 saturated heterocycles. The van der Waals surface area contributed by atoms with Crippen LogP contribution in [-0.2, 0) is 14.4 Å². The van der Waals surface area contributed by atoms with Gasteiger partial charge in [-0.15, -0.1) is 0 Å². The second-order valence-corrected chi connectivity index (χ2v) is 5.56. The molecule has 0 aromatic carbocycles. The van der Waals surface area contributed by atoms with Crippen molar-refractivity contribution in [2.45, 2.75) is 40.7 Å². The lowest BCUT2D eigenvalue weighted by Crippen LogP contribution is -2.53. The van der Waals surface area contributed by atoms with E-state index in [9.17, 15) is 14.4 Å². The molecule has 0 rings (SSSR count). The number of aliphatic carboxylic acids is 1. The number of nitrogens with one attached hydrogen (secondary N) is 2. The summed E-state index contributed by atoms with van der Waals surface area (Å²) in [5, 5.41) is 13.4. The predicted molar refractivity (Wildman–Crippen MR) is 66.9 cm³/mol. The van der Waals surface area contributed by atoms with Crippen molar-refractivity contribution >= 4 is 17.8 Å². The second-order valence-electron chi connectivity index (χ2n) is 5.56. The zero-order chi connectivity index (χ0) is 14.5. The number of carboxylic acid groups (broad SMARTS) is 1. The summed E-state index contributed by atoms with van der Waals surface area (Å²) in [6.07, 6.45) is 0. The Bertz CT molecular complexity index is 331. The lowest BCUT2D eigenvalue weighted by atomic mass is 9.93. The first-order valence-corrected chi connectivity index (χ1v) is 5.86. The molecule has 104 valence electrons. The minimum atomic E-state index is -1.12. The monoisotopic (exact) mass is 258 g/mol. The molecule has 0 aromatic rings. The summed E-state index contributed by atoms with van der Waals surface area (Å²) in [5.41, 5.74) is -0.597. The van der Waals surface area contributed by atoms with E-state index >= 15 is 0 Å². The molecule has 6 nitrogen and oxygen atoms in total. The zero-order valence-electron chi connectivity index (χ0n) is 11.5. The minimum absolute atomic E-state index is 0.120. The SMILES string of the molecule is CC(C)C(NC(=O)C(C)(C)C)C(=O)NCC(=O)O. The third kappa shape index (κ3) is 5.65. The highest BCUT2D eigenvalue weighted by Gasteiger charge is 2.29. The summed E-state index contributed by atoms with van der Waals surface area (Å²) in [4.78, 5) is 34.0. The van der Waals surface area contributed by atoms with Crippen LogP contribution in [0.4, 0.5) is 0 Å². The molecule has 0 radical (unpaired) electrons. The van der Waals surface area contributed by atoms with E-state index in [1.54, 1.807) is 34.6 Å². The first-order chi connectivity index (χ1) is 8.05. The predicted octanol–water partition coefficient (Wildman–Crippen LogP) is 0.374. The Morgan fingerprint density at radius 2 is 1.67 bits per heavy atom. The average molecular weight is 258 g/mol. The van der Waals surface area contributed by atoms with E-state index in [2.05, 4.69) is 10.6 Å². The van der Waals surface area contributed by atoms with E-state index in [-0.39, 0.29) is 11.8 Å². The molecule has 1 atom stereocenters. The molecule has 0 fully saturated rings. The Hall–Kier alpha value is -1.59. The van der Waals surface area contributed by atoms with Crippen molar-refractivity contribution in [2.24, 2.45) is 11.3 Å². The molecule has 0 spiro atoms. The average Bonchev–Trinajstić information content (AvgIpc) is 2.20. The van der Waals surface area contributed by atoms with E-state index in [1.165, 1.54) is 0 Å². The molecule has 1 unspecified atom stereocenters. The largest absolute Gasteiger partial charge is 0.480 e. The number of hydrogen-bond donors (Lipinski definition) is 3. The smallest absolute Gasteiger partial charge is 0.322 e. The zero-order valence-corrected chi connectivity index (χ0v) is 11.5. The Morgan fingerprint density at radius 1 is 1.17 bits per heavy atom. The van der Waals surface area contributed by atoms with Gasteiger partial charge in [-0.05, 0) is 5.92 Å². The van der Waals surface area contributed by atoms with Gasteiger partial charge in [0.25, 0.3) is 0 Å². The van der Waals surface area contributed by atoms with E-state index in [0.29, 0.717) is 0 Å². The highest BCUT2D eigenvalue weighted by atomic mass is 16.4. The first-order valence-electron chi connectivity index (χ1n) is 5.86. The molecular formula is C12H22N2O4. The lowest BCUT2D eigenvalue weighted by molar-refractivity contribution is -0.139. The molecule has 18 heavy (non-hydrogen) atoms. The van der Waals surface area contributed by atoms with Crippen LogP contribution in [0.5, 0.6) is 0 Å². The van der Waals surface area contributed by atoms with Crippen LogP contribution in [0.25, 0.3) is 0 Å². The van der Waals surface area contributed by atoms with Gasteiger partial charge in [-0.25, -0.2) is 0 Å². The molecule has 0 aromatic heterocycles. The van der Waals surface area contributed by atoms with Crippen LogP contribution in [0, 0.1) is 11.3 Å². The molecule has 0 aliphatic heterocycles. The van der Waals surface area contributed by atoms with E-state index in [0.717, 1.165) is 0 Å². The Kier molecular flexibility index (Phi) is 5.81. The summed E-state index contributed by atoms with van der Waals surface area (Å²) >= 11 is 0. The number of amides is 2. The lowest BCUT2D eigenvalue weighted by Gasteiger charge is -2.25. The summed E-state index contributed by atoms with van der Waals surface area (Å²) < 4.78 is 0. The van der Waals surface area contributed by atoms with Crippen molar-refractivity contribution in [1.82, 2.24) is 10.6 Å². The minimum Gasteiger partial charge on any atom is -0.480 e. The fourth-order valence-electron chi connectivity index (χ4n) is 1.17. The van der Waals surface area contributed by atoms with Gasteiger partial charge >= 0.3 is 5.97 Å². The third-order valence-electron chi connectivity index (χ3n) is 2.33. The van der Waals surface area contributed by atoms with Gasteiger partial charge in [-0.2, -0.15) is 0 Å². The molecule has 0 heterocycles. The number of carboxylic acids is 1. The number of carbonyl (C=O) groups excluding carboxylic acids is 2. The van der Waals surface area contributed by atoms with Gasteiger partial charge in [-0.1, -0.05) is 34.6 Å². The van der Waals surface area contributed by atoms with E-state index in [1.807, 2.05) is 0 Å². The van der Waals surface area contributed by atoms with Crippen molar-refractivity contribution < 1.29 is 19.5 Å². The number of carbonyl (C=O) groups is 3. The highest BCUT2D eigenvalue weighted by Crippen LogP contribution is 2.14. The maximum Gasteiger partial charge on any atom is 0.322 e. The summed E-state index contributed by atoms with van der Waals surface area (Å²) in [5.74, 6) is -1.96. The maximum absolute atomic E-state index is 11.8. The first kappa shape index (κ1) is 16.4. The van der Waals surface area contributed by atoms with Gasteiger partial charge < -0.3 is 15.7 Å². The number of hydrogen-bond acceptors (Lipinski definition) is 3. The molecule has 0 aliphatic carbocycles. The van der Waals surface area contributed by atoms with Gasteiger partial charge in [0, 0.05) is 5.41 Å². The topological polar surface area (TPSA) is 95.5 Å². The molecule has 3 N–H and O–H groups in total. The van der Waals surface area contributed by atoms with Crippen molar-refractivity contribution in [3.05, 3.63) is 0 Å². The molecule has 2 amide bonds.